The van der Waals surface area contributed by atoms with Crippen LogP contribution in [0.25, 0.3) is 0 Å². The minimum absolute atomic E-state index is 0.0474. The minimum atomic E-state index is -0.361. The number of rotatable bonds is 1. The van der Waals surface area contributed by atoms with Crippen LogP contribution in [0.4, 0.5) is 0 Å². The van der Waals surface area contributed by atoms with Gasteiger partial charge in [-0.15, -0.1) is 0 Å². The molecule has 0 radical (unpaired) electrons. The summed E-state index contributed by atoms with van der Waals surface area (Å²) in [6, 6.07) is 0. The maximum Gasteiger partial charge on any atom is 0.155 e. The molecular weight excluding hydrogens is 312 g/mol. The van der Waals surface area contributed by atoms with Gasteiger partial charge >= 0.3 is 0 Å². The van der Waals surface area contributed by atoms with Gasteiger partial charge in [-0.3, -0.25) is 9.59 Å². The van der Waals surface area contributed by atoms with E-state index in [-0.39, 0.29) is 34.6 Å². The quantitative estimate of drug-likeness (QED) is 0.784. The van der Waals surface area contributed by atoms with E-state index in [0.29, 0.717) is 30.0 Å². The first-order chi connectivity index (χ1) is 11.7. The molecule has 0 spiro atoms. The molecule has 3 fully saturated rings. The van der Waals surface area contributed by atoms with Crippen LogP contribution in [0, 0.1) is 40.4 Å². The van der Waals surface area contributed by atoms with E-state index in [0.717, 1.165) is 32.1 Å². The van der Waals surface area contributed by atoms with Crippen LogP contribution in [-0.4, -0.2) is 22.8 Å². The zero-order valence-electron chi connectivity index (χ0n) is 16.0. The molecule has 0 aromatic heterocycles. The highest BCUT2D eigenvalue weighted by atomic mass is 16.3. The van der Waals surface area contributed by atoms with Crippen LogP contribution in [0.2, 0.25) is 0 Å². The number of hydrogen-bond donors (Lipinski definition) is 1. The molecule has 3 heteroatoms. The van der Waals surface area contributed by atoms with E-state index >= 15 is 0 Å². The summed E-state index contributed by atoms with van der Waals surface area (Å²) in [7, 11) is 0. The summed E-state index contributed by atoms with van der Waals surface area (Å²) < 4.78 is 0. The van der Waals surface area contributed by atoms with Crippen molar-refractivity contribution in [2.45, 2.75) is 72.3 Å². The van der Waals surface area contributed by atoms with E-state index in [1.807, 2.05) is 6.08 Å². The lowest BCUT2D eigenvalue weighted by Gasteiger charge is -2.61. The van der Waals surface area contributed by atoms with Gasteiger partial charge in [0.05, 0.1) is 6.10 Å². The third-order valence-electron chi connectivity index (χ3n) is 8.70. The zero-order valence-corrected chi connectivity index (χ0v) is 16.0. The average molecular weight is 344 g/mol. The van der Waals surface area contributed by atoms with Crippen molar-refractivity contribution < 1.29 is 14.7 Å². The molecule has 4 aliphatic carbocycles. The van der Waals surface area contributed by atoms with Gasteiger partial charge in [0.15, 0.2) is 5.78 Å². The van der Waals surface area contributed by atoms with Crippen LogP contribution in [0.3, 0.4) is 0 Å². The Labute approximate surface area is 151 Å². The van der Waals surface area contributed by atoms with Crippen molar-refractivity contribution in [1.82, 2.24) is 0 Å². The molecule has 4 aliphatic rings. The topological polar surface area (TPSA) is 54.4 Å². The molecule has 0 aromatic carbocycles. The number of aliphatic hydroxyl groups is 1. The smallest absolute Gasteiger partial charge is 0.155 e. The third kappa shape index (κ3) is 2.27. The number of hydrogen-bond acceptors (Lipinski definition) is 3. The molecule has 8 atom stereocenters. The summed E-state index contributed by atoms with van der Waals surface area (Å²) in [5.41, 5.74) is 1.19. The predicted molar refractivity (Wildman–Crippen MR) is 96.8 cm³/mol. The van der Waals surface area contributed by atoms with Gasteiger partial charge in [0.2, 0.25) is 0 Å². The van der Waals surface area contributed by atoms with Crippen molar-refractivity contribution in [1.29, 1.82) is 0 Å². The van der Waals surface area contributed by atoms with E-state index in [2.05, 4.69) is 20.8 Å². The highest BCUT2D eigenvalue weighted by molar-refractivity contribution is 5.91. The molecule has 0 saturated heterocycles. The van der Waals surface area contributed by atoms with E-state index in [1.165, 1.54) is 5.57 Å². The van der Waals surface area contributed by atoms with Gasteiger partial charge in [-0.2, -0.15) is 0 Å². The van der Waals surface area contributed by atoms with Gasteiger partial charge in [-0.25, -0.2) is 0 Å². The lowest BCUT2D eigenvalue weighted by Crippen LogP contribution is -2.58. The first-order valence-corrected chi connectivity index (χ1v) is 10.1. The summed E-state index contributed by atoms with van der Waals surface area (Å²) in [5, 5.41) is 11.2. The Bertz CT molecular complexity index is 650. The van der Waals surface area contributed by atoms with Crippen LogP contribution >= 0.6 is 0 Å². The van der Waals surface area contributed by atoms with Gasteiger partial charge < -0.3 is 5.11 Å². The van der Waals surface area contributed by atoms with Gasteiger partial charge in [0.1, 0.15) is 5.78 Å². The Hall–Kier alpha value is -0.960. The zero-order chi connectivity index (χ0) is 18.1. The van der Waals surface area contributed by atoms with Crippen LogP contribution in [0.1, 0.15) is 66.2 Å². The first kappa shape index (κ1) is 17.5. The first-order valence-electron chi connectivity index (χ1n) is 10.1. The molecule has 3 saturated carbocycles. The Morgan fingerprint density at radius 2 is 2.00 bits per heavy atom. The SMILES string of the molecule is CC(=O)[C@H]1CC[C@H]2[C@H]3C[C@H](C)C4=CC(=O)CC[C@]4(C)[C@H]3[C@@H](O)C[C@]12C. The van der Waals surface area contributed by atoms with Crippen molar-refractivity contribution in [2.24, 2.45) is 40.4 Å². The molecule has 25 heavy (non-hydrogen) atoms. The molecule has 0 amide bonds. The van der Waals surface area contributed by atoms with Crippen LogP contribution in [0.15, 0.2) is 11.6 Å². The number of fused-ring (bicyclic) bond motifs is 5. The fourth-order valence-corrected chi connectivity index (χ4v) is 7.79. The molecule has 4 rings (SSSR count). The van der Waals surface area contributed by atoms with Crippen LogP contribution < -0.4 is 0 Å². The van der Waals surface area contributed by atoms with E-state index in [4.69, 9.17) is 0 Å². The van der Waals surface area contributed by atoms with Gasteiger partial charge in [0.25, 0.3) is 0 Å². The summed E-state index contributed by atoms with van der Waals surface area (Å²) in [6.07, 6.45) is 6.93. The van der Waals surface area contributed by atoms with Crippen molar-refractivity contribution >= 4 is 11.6 Å². The summed E-state index contributed by atoms with van der Waals surface area (Å²) in [6.45, 7) is 8.55. The fraction of sp³-hybridized carbons (Fsp3) is 0.818. The normalized spacial score (nSPS) is 52.0. The lowest BCUT2D eigenvalue weighted by atomic mass is 9.44. The van der Waals surface area contributed by atoms with Crippen molar-refractivity contribution in [2.75, 3.05) is 0 Å². The van der Waals surface area contributed by atoms with E-state index in [1.54, 1.807) is 6.92 Å². The molecule has 0 heterocycles. The van der Waals surface area contributed by atoms with Crippen LogP contribution in [-0.2, 0) is 9.59 Å². The number of allylic oxidation sites excluding steroid dienone is 1. The average Bonchev–Trinajstić information content (AvgIpc) is 2.85. The molecule has 0 aromatic rings. The molecule has 138 valence electrons. The second-order valence-electron chi connectivity index (χ2n) is 9.93. The maximum absolute atomic E-state index is 12.2. The summed E-state index contributed by atoms with van der Waals surface area (Å²) in [4.78, 5) is 24.3. The fourth-order valence-electron chi connectivity index (χ4n) is 7.79. The lowest BCUT2D eigenvalue weighted by molar-refractivity contribution is -0.147. The number of aliphatic hydroxyl groups excluding tert-OH is 1. The van der Waals surface area contributed by atoms with Crippen molar-refractivity contribution in [3.05, 3.63) is 11.6 Å². The van der Waals surface area contributed by atoms with Gasteiger partial charge in [0, 0.05) is 12.3 Å². The highest BCUT2D eigenvalue weighted by Gasteiger charge is 2.63. The maximum atomic E-state index is 12.2. The molecule has 3 nitrogen and oxygen atoms in total. The standard InChI is InChI=1S/C22H32O3/c1-12-9-15-17-6-5-16(13(2)23)22(17,4)11-19(25)20(15)21(3)8-7-14(24)10-18(12)21/h10,12,15-17,19-20,25H,5-9,11H2,1-4H3/t12-,15+,16+,17-,19-,20+,21-,22+/m0/s1. The van der Waals surface area contributed by atoms with Crippen LogP contribution in [0.5, 0.6) is 0 Å². The summed E-state index contributed by atoms with van der Waals surface area (Å²) >= 11 is 0. The van der Waals surface area contributed by atoms with Gasteiger partial charge in [-0.1, -0.05) is 26.3 Å². The third-order valence-corrected chi connectivity index (χ3v) is 8.70. The Morgan fingerprint density at radius 1 is 1.28 bits per heavy atom. The number of carbonyl (C=O) groups is 2. The number of carbonyl (C=O) groups excluding carboxylic acids is 2. The minimum Gasteiger partial charge on any atom is -0.393 e. The molecular formula is C22H32O3. The van der Waals surface area contributed by atoms with Crippen molar-refractivity contribution in [3.8, 4) is 0 Å². The predicted octanol–water partition coefficient (Wildman–Crippen LogP) is 3.94. The summed E-state index contributed by atoms with van der Waals surface area (Å²) in [5.74, 6) is 2.33. The number of Topliss-reactive ketones (excluding diaryl/α,β-unsaturated/α-hetero) is 1. The van der Waals surface area contributed by atoms with Crippen molar-refractivity contribution in [3.63, 3.8) is 0 Å². The monoisotopic (exact) mass is 344 g/mol. The van der Waals surface area contributed by atoms with Gasteiger partial charge in [-0.05, 0) is 79.6 Å². The molecule has 0 bridgehead atoms. The molecule has 0 aliphatic heterocycles. The Kier molecular flexibility index (Phi) is 3.85. The van der Waals surface area contributed by atoms with E-state index < -0.39 is 0 Å². The highest BCUT2D eigenvalue weighted by Crippen LogP contribution is 2.67. The second kappa shape index (κ2) is 5.52. The molecule has 0 unspecified atom stereocenters. The second-order valence-corrected chi connectivity index (χ2v) is 9.93. The van der Waals surface area contributed by atoms with E-state index in [9.17, 15) is 14.7 Å². The Morgan fingerprint density at radius 3 is 2.68 bits per heavy atom. The Balaban J connectivity index is 1.76. The largest absolute Gasteiger partial charge is 0.393 e. The molecule has 1 N–H and O–H groups in total. The number of ketones is 2.